The van der Waals surface area contributed by atoms with Crippen molar-refractivity contribution in [3.05, 3.63) is 24.3 Å². The first-order valence-corrected chi connectivity index (χ1v) is 17.4. The number of hydrogen-bond acceptors (Lipinski definition) is 4. The fourth-order valence-corrected chi connectivity index (χ4v) is 4.73. The van der Waals surface area contributed by atoms with E-state index in [0.29, 0.717) is 12.8 Å². The zero-order valence-corrected chi connectivity index (χ0v) is 31.1. The normalized spacial score (nSPS) is 12.6. The second kappa shape index (κ2) is 39.0. The van der Waals surface area contributed by atoms with E-state index in [0.717, 1.165) is 103 Å². The van der Waals surface area contributed by atoms with Crippen LogP contribution >= 0.6 is 0 Å². The van der Waals surface area contributed by atoms with Crippen LogP contribution in [0.1, 0.15) is 181 Å². The van der Waals surface area contributed by atoms with Crippen molar-refractivity contribution in [2.24, 2.45) is 0 Å². The second-order valence-electron chi connectivity index (χ2n) is 11.8. The van der Waals surface area contributed by atoms with Crippen LogP contribution in [0.3, 0.4) is 0 Å². The number of hydrogen-bond donors (Lipinski definition) is 4. The predicted octanol–water partition coefficient (Wildman–Crippen LogP) is 10.2. The van der Waals surface area contributed by atoms with Gasteiger partial charge in [-0.1, -0.05) is 128 Å². The van der Waals surface area contributed by atoms with Crippen molar-refractivity contribution in [2.45, 2.75) is 193 Å². The van der Waals surface area contributed by atoms with Crippen LogP contribution in [0.4, 0.5) is 0 Å². The zero-order valence-electron chi connectivity index (χ0n) is 28.2. The van der Waals surface area contributed by atoms with Gasteiger partial charge in [0.1, 0.15) is 0 Å². The van der Waals surface area contributed by atoms with E-state index in [-0.39, 0.29) is 31.7 Å². The first kappa shape index (κ1) is 46.4. The molecule has 250 valence electrons. The Morgan fingerprint density at radius 1 is 0.488 bits per heavy atom. The van der Waals surface area contributed by atoms with Gasteiger partial charge >= 0.3 is 11.9 Å². The first-order valence-electron chi connectivity index (χ1n) is 17.4. The maximum Gasteiger partial charge on any atom is 0.303 e. The summed E-state index contributed by atoms with van der Waals surface area (Å²) < 4.78 is 0. The van der Waals surface area contributed by atoms with Gasteiger partial charge in [0.05, 0.1) is 12.2 Å². The number of aliphatic hydroxyl groups is 2. The van der Waals surface area contributed by atoms with Gasteiger partial charge in [0.2, 0.25) is 0 Å². The Hall–Kier alpha value is -1.04. The van der Waals surface area contributed by atoms with Gasteiger partial charge in [0.15, 0.2) is 0 Å². The van der Waals surface area contributed by atoms with Crippen LogP contribution in [-0.2, 0) is 29.1 Å². The number of carboxylic acids is 2. The van der Waals surface area contributed by atoms with Crippen molar-refractivity contribution in [3.63, 3.8) is 0 Å². The number of rotatable bonds is 30. The maximum atomic E-state index is 10.3. The smallest absolute Gasteiger partial charge is 0.303 e. The summed E-state index contributed by atoms with van der Waals surface area (Å²) in [5.74, 6) is -1.38. The summed E-state index contributed by atoms with van der Waals surface area (Å²) in [7, 11) is 0. The zero-order chi connectivity index (χ0) is 31.5. The average molecular weight is 662 g/mol. The first-order chi connectivity index (χ1) is 20.3. The molecule has 4 N–H and O–H groups in total. The van der Waals surface area contributed by atoms with Crippen molar-refractivity contribution in [1.29, 1.82) is 0 Å². The van der Waals surface area contributed by atoms with E-state index >= 15 is 0 Å². The molecule has 0 heterocycles. The van der Waals surface area contributed by atoms with Gasteiger partial charge in [0, 0.05) is 32.3 Å². The fraction of sp³-hybridized carbons (Fsp3) is 0.833. The topological polar surface area (TPSA) is 115 Å². The minimum Gasteiger partial charge on any atom is -0.481 e. The molecule has 0 aromatic rings. The molecule has 0 radical (unpaired) electrons. The second-order valence-corrected chi connectivity index (χ2v) is 11.8. The van der Waals surface area contributed by atoms with Gasteiger partial charge < -0.3 is 20.4 Å². The fourth-order valence-electron chi connectivity index (χ4n) is 4.73. The summed E-state index contributed by atoms with van der Waals surface area (Å²) in [5.41, 5.74) is 0. The van der Waals surface area contributed by atoms with Gasteiger partial charge in [0.25, 0.3) is 0 Å². The minimum absolute atomic E-state index is 0. The Morgan fingerprint density at radius 3 is 1.16 bits per heavy atom. The van der Waals surface area contributed by atoms with Gasteiger partial charge in [-0.05, 0) is 64.2 Å². The Morgan fingerprint density at radius 2 is 0.814 bits per heavy atom. The van der Waals surface area contributed by atoms with E-state index in [1.807, 2.05) is 0 Å². The van der Waals surface area contributed by atoms with E-state index < -0.39 is 11.9 Å². The Labute approximate surface area is 278 Å². The summed E-state index contributed by atoms with van der Waals surface area (Å²) in [6, 6.07) is 0. The van der Waals surface area contributed by atoms with Crippen LogP contribution < -0.4 is 0 Å². The molecule has 0 unspecified atom stereocenters. The van der Waals surface area contributed by atoms with Crippen LogP contribution in [0.5, 0.6) is 0 Å². The summed E-state index contributed by atoms with van der Waals surface area (Å²) in [6.45, 7) is 4.40. The third-order valence-electron chi connectivity index (χ3n) is 7.45. The minimum atomic E-state index is -0.689. The van der Waals surface area contributed by atoms with E-state index in [1.165, 1.54) is 51.4 Å². The quantitative estimate of drug-likeness (QED) is 0.0346. The van der Waals surface area contributed by atoms with Gasteiger partial charge in [-0.3, -0.25) is 9.59 Å². The van der Waals surface area contributed by atoms with Crippen molar-refractivity contribution in [1.82, 2.24) is 0 Å². The third kappa shape index (κ3) is 45.5. The van der Waals surface area contributed by atoms with E-state index in [4.69, 9.17) is 10.2 Å². The molecule has 0 amide bonds. The molecule has 0 aliphatic heterocycles. The standard InChI is InChI=1S/2C18H34O3.Zn/c2*1-2-3-4-11-14-17(19)15-12-9-7-5-6-8-10-13-16-18(20)21;/h2*9,12,17,19H,2-8,10-11,13-16H2,1H3,(H,20,21);/b2*12-9+;/t2*17-;/m11./s1. The summed E-state index contributed by atoms with van der Waals surface area (Å²) in [5, 5.41) is 36.6. The number of carboxylic acid groups (broad SMARTS) is 2. The predicted molar refractivity (Wildman–Crippen MR) is 177 cm³/mol. The van der Waals surface area contributed by atoms with Crippen LogP contribution in [0, 0.1) is 0 Å². The molecule has 2 atom stereocenters. The monoisotopic (exact) mass is 660 g/mol. The molecular formula is C36H68O6Zn. The molecule has 0 aliphatic carbocycles. The van der Waals surface area contributed by atoms with Crippen LogP contribution in [0.15, 0.2) is 24.3 Å². The van der Waals surface area contributed by atoms with Gasteiger partial charge in [-0.15, -0.1) is 0 Å². The molecule has 6 nitrogen and oxygen atoms in total. The largest absolute Gasteiger partial charge is 0.481 e. The SMILES string of the molecule is CCCCCC[C@@H](O)C/C=C/CCCCCCCC(=O)O.CCCCCC[C@@H](O)C/C=C/CCCCCCCC(=O)O.[Zn]. The number of allylic oxidation sites excluding steroid dienone is 2. The van der Waals surface area contributed by atoms with Crippen molar-refractivity contribution in [3.8, 4) is 0 Å². The summed E-state index contributed by atoms with van der Waals surface area (Å²) in [4.78, 5) is 20.7. The third-order valence-corrected chi connectivity index (χ3v) is 7.45. The van der Waals surface area contributed by atoms with E-state index in [9.17, 15) is 19.8 Å². The molecule has 0 aromatic carbocycles. The number of carbonyl (C=O) groups is 2. The Bertz CT molecular complexity index is 583. The van der Waals surface area contributed by atoms with E-state index in [2.05, 4.69) is 38.2 Å². The van der Waals surface area contributed by atoms with Gasteiger partial charge in [-0.2, -0.15) is 0 Å². The van der Waals surface area contributed by atoms with Crippen molar-refractivity contribution in [2.75, 3.05) is 0 Å². The molecule has 0 fully saturated rings. The molecule has 0 saturated carbocycles. The molecule has 0 aromatic heterocycles. The van der Waals surface area contributed by atoms with Crippen LogP contribution in [-0.4, -0.2) is 44.6 Å². The molecule has 43 heavy (non-hydrogen) atoms. The molecule has 0 saturated heterocycles. The van der Waals surface area contributed by atoms with Crippen LogP contribution in [0.25, 0.3) is 0 Å². The van der Waals surface area contributed by atoms with Crippen LogP contribution in [0.2, 0.25) is 0 Å². The van der Waals surface area contributed by atoms with Crippen molar-refractivity contribution < 1.29 is 49.5 Å². The summed E-state index contributed by atoms with van der Waals surface area (Å²) in [6.07, 6.45) is 34.7. The molecular weight excluding hydrogens is 594 g/mol. The van der Waals surface area contributed by atoms with E-state index in [1.54, 1.807) is 0 Å². The van der Waals surface area contributed by atoms with Gasteiger partial charge in [-0.25, -0.2) is 0 Å². The van der Waals surface area contributed by atoms with Crippen molar-refractivity contribution >= 4 is 11.9 Å². The molecule has 0 spiro atoms. The Kier molecular flexibility index (Phi) is 42.1. The molecule has 7 heteroatoms. The number of aliphatic hydroxyl groups excluding tert-OH is 2. The number of aliphatic carboxylic acids is 2. The average Bonchev–Trinajstić information content (AvgIpc) is 2.95. The molecule has 0 rings (SSSR count). The molecule has 0 aliphatic rings. The Balaban J connectivity index is -0.000000727. The number of unbranched alkanes of at least 4 members (excludes halogenated alkanes) is 16. The summed E-state index contributed by atoms with van der Waals surface area (Å²) >= 11 is 0. The molecule has 0 bridgehead atoms. The maximum absolute atomic E-state index is 10.3.